The van der Waals surface area contributed by atoms with Gasteiger partial charge in [-0.1, -0.05) is 28.1 Å². The first kappa shape index (κ1) is 16.0. The van der Waals surface area contributed by atoms with Gasteiger partial charge in [0.25, 0.3) is 0 Å². The Morgan fingerprint density at radius 2 is 2.25 bits per heavy atom. The van der Waals surface area contributed by atoms with E-state index in [1.807, 2.05) is 6.07 Å². The molecule has 1 heterocycles. The molecule has 2 unspecified atom stereocenters. The fourth-order valence-corrected chi connectivity index (χ4v) is 3.30. The summed E-state index contributed by atoms with van der Waals surface area (Å²) in [6.07, 6.45) is 3.65. The lowest BCUT2D eigenvalue weighted by molar-refractivity contribution is 0.130. The van der Waals surface area contributed by atoms with Crippen molar-refractivity contribution < 1.29 is 0 Å². The van der Waals surface area contributed by atoms with Gasteiger partial charge in [-0.15, -0.1) is 0 Å². The minimum atomic E-state index is 0.132. The third kappa shape index (κ3) is 4.55. The molecule has 4 heteroatoms. The number of likely N-dealkylation sites (tertiary alicyclic amines) is 1. The second kappa shape index (κ2) is 7.55. The van der Waals surface area contributed by atoms with Crippen molar-refractivity contribution in [2.24, 2.45) is 5.73 Å². The monoisotopic (exact) mass is 339 g/mol. The van der Waals surface area contributed by atoms with Gasteiger partial charge in [-0.2, -0.15) is 0 Å². The predicted molar refractivity (Wildman–Crippen MR) is 88.8 cm³/mol. The fourth-order valence-electron chi connectivity index (χ4n) is 2.88. The van der Waals surface area contributed by atoms with Crippen LogP contribution in [0, 0.1) is 0 Å². The third-order valence-electron chi connectivity index (χ3n) is 4.24. The van der Waals surface area contributed by atoms with E-state index in [4.69, 9.17) is 5.73 Å². The number of likely N-dealkylation sites (N-methyl/N-ethyl adjacent to an activating group) is 1. The normalized spacial score (nSPS) is 22.1. The maximum Gasteiger partial charge on any atom is 0.0307 e. The van der Waals surface area contributed by atoms with E-state index in [2.05, 4.69) is 58.0 Å². The highest BCUT2D eigenvalue weighted by atomic mass is 79.9. The van der Waals surface area contributed by atoms with Crippen LogP contribution in [0.3, 0.4) is 0 Å². The van der Waals surface area contributed by atoms with Crippen LogP contribution >= 0.6 is 15.9 Å². The summed E-state index contributed by atoms with van der Waals surface area (Å²) in [6, 6.07) is 9.18. The van der Waals surface area contributed by atoms with Gasteiger partial charge in [0.1, 0.15) is 0 Å². The van der Waals surface area contributed by atoms with Gasteiger partial charge in [0, 0.05) is 23.1 Å². The van der Waals surface area contributed by atoms with Gasteiger partial charge < -0.3 is 15.5 Å². The Hall–Kier alpha value is -0.420. The average molecular weight is 340 g/mol. The van der Waals surface area contributed by atoms with Crippen molar-refractivity contribution >= 4 is 15.9 Å². The number of hydrogen-bond donors (Lipinski definition) is 1. The Morgan fingerprint density at radius 3 is 2.95 bits per heavy atom. The minimum absolute atomic E-state index is 0.132. The van der Waals surface area contributed by atoms with Crippen LogP contribution in [0.5, 0.6) is 0 Å². The molecule has 1 aromatic rings. The fraction of sp³-hybridized carbons (Fsp3) is 0.625. The second-order valence-electron chi connectivity index (χ2n) is 6.01. The van der Waals surface area contributed by atoms with Gasteiger partial charge in [-0.3, -0.25) is 0 Å². The van der Waals surface area contributed by atoms with Gasteiger partial charge in [-0.05, 0) is 64.1 Å². The highest BCUT2D eigenvalue weighted by Gasteiger charge is 2.21. The number of benzene rings is 1. The zero-order valence-electron chi connectivity index (χ0n) is 12.6. The van der Waals surface area contributed by atoms with Gasteiger partial charge in [0.05, 0.1) is 0 Å². The molecule has 1 fully saturated rings. The maximum atomic E-state index is 6.32. The molecule has 2 atom stereocenters. The summed E-state index contributed by atoms with van der Waals surface area (Å²) in [5.74, 6) is 0. The van der Waals surface area contributed by atoms with Crippen LogP contribution in [0.15, 0.2) is 28.7 Å². The van der Waals surface area contributed by atoms with E-state index < -0.39 is 0 Å². The molecule has 3 nitrogen and oxygen atoms in total. The lowest BCUT2D eigenvalue weighted by Crippen LogP contribution is -2.45. The Bertz CT molecular complexity index is 422. The summed E-state index contributed by atoms with van der Waals surface area (Å²) >= 11 is 3.51. The van der Waals surface area contributed by atoms with Crippen molar-refractivity contribution in [3.63, 3.8) is 0 Å². The molecule has 2 rings (SSSR count). The molecular weight excluding hydrogens is 314 g/mol. The summed E-state index contributed by atoms with van der Waals surface area (Å²) in [7, 11) is 4.36. The topological polar surface area (TPSA) is 32.5 Å². The molecule has 0 aromatic heterocycles. The molecule has 0 amide bonds. The Kier molecular flexibility index (Phi) is 6.02. The highest BCUT2D eigenvalue weighted by Crippen LogP contribution is 2.20. The van der Waals surface area contributed by atoms with E-state index in [9.17, 15) is 0 Å². The molecule has 1 saturated heterocycles. The number of nitrogens with zero attached hydrogens (tertiary/aromatic N) is 2. The largest absolute Gasteiger partial charge is 0.324 e. The molecule has 0 spiro atoms. The van der Waals surface area contributed by atoms with Crippen molar-refractivity contribution in [3.05, 3.63) is 34.3 Å². The quantitative estimate of drug-likeness (QED) is 0.895. The van der Waals surface area contributed by atoms with Crippen molar-refractivity contribution in [1.82, 2.24) is 9.80 Å². The first-order chi connectivity index (χ1) is 9.56. The van der Waals surface area contributed by atoms with Crippen molar-refractivity contribution in [1.29, 1.82) is 0 Å². The SMILES string of the molecule is CN(C)C1CCCN(CCC(N)c2cccc(Br)c2)C1. The number of nitrogens with two attached hydrogens (primary N) is 1. The standard InChI is InChI=1S/C16H26BrN3/c1-19(2)15-7-4-9-20(12-15)10-8-16(18)13-5-3-6-14(17)11-13/h3,5-6,11,15-16H,4,7-10,12,18H2,1-2H3. The predicted octanol–water partition coefficient (Wildman–Crippen LogP) is 2.87. The molecular formula is C16H26BrN3. The molecule has 0 radical (unpaired) electrons. The Labute approximate surface area is 131 Å². The lowest BCUT2D eigenvalue weighted by Gasteiger charge is -2.36. The Balaban J connectivity index is 1.82. The van der Waals surface area contributed by atoms with Crippen LogP contribution in [0.25, 0.3) is 0 Å². The van der Waals surface area contributed by atoms with Crippen molar-refractivity contribution in [3.8, 4) is 0 Å². The molecule has 0 aliphatic carbocycles. The number of rotatable bonds is 5. The van der Waals surface area contributed by atoms with E-state index in [0.29, 0.717) is 6.04 Å². The van der Waals surface area contributed by atoms with Crippen molar-refractivity contribution in [2.75, 3.05) is 33.7 Å². The molecule has 1 aliphatic heterocycles. The third-order valence-corrected chi connectivity index (χ3v) is 4.74. The first-order valence-corrected chi connectivity index (χ1v) is 8.25. The van der Waals surface area contributed by atoms with Gasteiger partial charge >= 0.3 is 0 Å². The van der Waals surface area contributed by atoms with Crippen LogP contribution in [-0.2, 0) is 0 Å². The summed E-state index contributed by atoms with van der Waals surface area (Å²) in [5, 5.41) is 0. The summed E-state index contributed by atoms with van der Waals surface area (Å²) < 4.78 is 1.11. The van der Waals surface area contributed by atoms with Gasteiger partial charge in [0.15, 0.2) is 0 Å². The van der Waals surface area contributed by atoms with Gasteiger partial charge in [-0.25, -0.2) is 0 Å². The zero-order chi connectivity index (χ0) is 14.5. The van der Waals surface area contributed by atoms with E-state index in [1.165, 1.54) is 31.5 Å². The van der Waals surface area contributed by atoms with E-state index in [0.717, 1.165) is 17.4 Å². The smallest absolute Gasteiger partial charge is 0.0307 e. The first-order valence-electron chi connectivity index (χ1n) is 7.46. The van der Waals surface area contributed by atoms with Crippen LogP contribution in [0.4, 0.5) is 0 Å². The van der Waals surface area contributed by atoms with Gasteiger partial charge in [0.2, 0.25) is 0 Å². The maximum absolute atomic E-state index is 6.32. The zero-order valence-corrected chi connectivity index (χ0v) is 14.1. The average Bonchev–Trinajstić information content (AvgIpc) is 2.45. The summed E-state index contributed by atoms with van der Waals surface area (Å²) in [5.41, 5.74) is 7.54. The molecule has 0 saturated carbocycles. The second-order valence-corrected chi connectivity index (χ2v) is 6.93. The molecule has 2 N–H and O–H groups in total. The molecule has 1 aromatic carbocycles. The molecule has 1 aliphatic rings. The molecule has 0 bridgehead atoms. The minimum Gasteiger partial charge on any atom is -0.324 e. The number of hydrogen-bond acceptors (Lipinski definition) is 3. The van der Waals surface area contributed by atoms with Crippen LogP contribution < -0.4 is 5.73 Å². The Morgan fingerprint density at radius 1 is 1.45 bits per heavy atom. The van der Waals surface area contributed by atoms with E-state index in [1.54, 1.807) is 0 Å². The van der Waals surface area contributed by atoms with Crippen LogP contribution in [0.2, 0.25) is 0 Å². The molecule has 20 heavy (non-hydrogen) atoms. The van der Waals surface area contributed by atoms with Crippen LogP contribution in [0.1, 0.15) is 30.9 Å². The molecule has 112 valence electrons. The number of halogens is 1. The summed E-state index contributed by atoms with van der Waals surface area (Å²) in [4.78, 5) is 4.91. The van der Waals surface area contributed by atoms with E-state index >= 15 is 0 Å². The number of piperidine rings is 1. The van der Waals surface area contributed by atoms with Crippen LogP contribution in [-0.4, -0.2) is 49.6 Å². The van der Waals surface area contributed by atoms with E-state index in [-0.39, 0.29) is 6.04 Å². The van der Waals surface area contributed by atoms with Crippen molar-refractivity contribution in [2.45, 2.75) is 31.3 Å². The highest BCUT2D eigenvalue weighted by molar-refractivity contribution is 9.10. The lowest BCUT2D eigenvalue weighted by atomic mass is 10.0. The summed E-state index contributed by atoms with van der Waals surface area (Å²) in [6.45, 7) is 3.49.